The van der Waals surface area contributed by atoms with E-state index in [0.29, 0.717) is 18.4 Å². The maximum atomic E-state index is 11.3. The van der Waals surface area contributed by atoms with Crippen LogP contribution in [0.2, 0.25) is 0 Å². The predicted molar refractivity (Wildman–Crippen MR) is 166 cm³/mol. The number of phenolic OH excluding ortho intramolecular Hbond substituents is 1. The van der Waals surface area contributed by atoms with E-state index < -0.39 is 0 Å². The highest BCUT2D eigenvalue weighted by atomic mass is 16.5. The fourth-order valence-electron chi connectivity index (χ4n) is 5.17. The predicted octanol–water partition coefficient (Wildman–Crippen LogP) is 9.72. The van der Waals surface area contributed by atoms with E-state index in [-0.39, 0.29) is 5.75 Å². The molecule has 4 rings (SSSR count). The zero-order valence-electron chi connectivity index (χ0n) is 24.3. The number of hydrogen-bond acceptors (Lipinski definition) is 3. The third-order valence-electron chi connectivity index (χ3n) is 7.33. The summed E-state index contributed by atoms with van der Waals surface area (Å²) in [5.41, 5.74) is 10.1. The van der Waals surface area contributed by atoms with Gasteiger partial charge in [-0.05, 0) is 66.0 Å². The van der Waals surface area contributed by atoms with Gasteiger partial charge in [0, 0.05) is 28.9 Å². The number of para-hydroxylation sites is 1. The summed E-state index contributed by atoms with van der Waals surface area (Å²) in [5, 5.41) is 15.1. The quantitative estimate of drug-likeness (QED) is 0.193. The molecule has 0 atom stereocenters. The topological polar surface area (TPSA) is 41.5 Å². The van der Waals surface area contributed by atoms with Crippen LogP contribution in [0.15, 0.2) is 78.9 Å². The van der Waals surface area contributed by atoms with Crippen LogP contribution in [0.25, 0.3) is 22.3 Å². The molecule has 0 bridgehead atoms. The van der Waals surface area contributed by atoms with Gasteiger partial charge >= 0.3 is 0 Å². The highest BCUT2D eigenvalue weighted by Gasteiger charge is 2.17. The Hall–Kier alpha value is -3.72. The first-order chi connectivity index (χ1) is 18.8. The third-order valence-corrected chi connectivity index (χ3v) is 7.33. The molecule has 0 radical (unpaired) electrons. The van der Waals surface area contributed by atoms with Gasteiger partial charge in [-0.15, -0.1) is 0 Å². The summed E-state index contributed by atoms with van der Waals surface area (Å²) in [5.74, 6) is 2.00. The van der Waals surface area contributed by atoms with Crippen molar-refractivity contribution < 1.29 is 9.84 Å². The molecule has 39 heavy (non-hydrogen) atoms. The van der Waals surface area contributed by atoms with E-state index in [4.69, 9.17) is 4.74 Å². The normalized spacial score (nSPS) is 11.3. The number of ether oxygens (including phenoxy) is 1. The number of nitrogens with one attached hydrogen (secondary N) is 1. The number of hydrogen-bond donors (Lipinski definition) is 2. The summed E-state index contributed by atoms with van der Waals surface area (Å²) in [7, 11) is 0. The molecule has 4 aromatic carbocycles. The van der Waals surface area contributed by atoms with Gasteiger partial charge in [-0.1, -0.05) is 107 Å². The minimum absolute atomic E-state index is 0.283. The summed E-state index contributed by atoms with van der Waals surface area (Å²) < 4.78 is 6.35. The van der Waals surface area contributed by atoms with E-state index in [1.807, 2.05) is 54.6 Å². The molecule has 0 aliphatic rings. The molecule has 2 N–H and O–H groups in total. The number of phenols is 1. The molecule has 0 saturated carbocycles. The number of aryl methyl sites for hydroxylation is 2. The number of rotatable bonds is 11. The first-order valence-electron chi connectivity index (χ1n) is 14.3. The second-order valence-electron chi connectivity index (χ2n) is 11.0. The van der Waals surface area contributed by atoms with Crippen molar-refractivity contribution in [2.45, 2.75) is 66.2 Å². The summed E-state index contributed by atoms with van der Waals surface area (Å²) in [6.45, 7) is 14.8. The zero-order chi connectivity index (χ0) is 27.9. The second-order valence-corrected chi connectivity index (χ2v) is 11.0. The molecule has 4 aromatic rings. The summed E-state index contributed by atoms with van der Waals surface area (Å²) in [6.07, 6.45) is 1.79. The molecule has 204 valence electrons. The molecular formula is C36H43NO2. The molecule has 0 aromatic heterocycles. The Kier molecular flexibility index (Phi) is 9.35. The van der Waals surface area contributed by atoms with Gasteiger partial charge in [0.2, 0.25) is 0 Å². The van der Waals surface area contributed by atoms with Gasteiger partial charge in [0.05, 0.1) is 6.61 Å². The summed E-state index contributed by atoms with van der Waals surface area (Å²) in [4.78, 5) is 0. The van der Waals surface area contributed by atoms with E-state index >= 15 is 0 Å². The maximum absolute atomic E-state index is 11.3. The number of benzene rings is 4. The van der Waals surface area contributed by atoms with Crippen LogP contribution in [0.3, 0.4) is 0 Å². The maximum Gasteiger partial charge on any atom is 0.131 e. The lowest BCUT2D eigenvalue weighted by Gasteiger charge is -2.22. The van der Waals surface area contributed by atoms with Crippen molar-refractivity contribution in [1.29, 1.82) is 0 Å². The minimum atomic E-state index is 0.283. The lowest BCUT2D eigenvalue weighted by atomic mass is 9.90. The molecule has 0 unspecified atom stereocenters. The van der Waals surface area contributed by atoms with Gasteiger partial charge in [-0.2, -0.15) is 0 Å². The monoisotopic (exact) mass is 521 g/mol. The highest BCUT2D eigenvalue weighted by Crippen LogP contribution is 2.42. The lowest BCUT2D eigenvalue weighted by molar-refractivity contribution is 0.316. The zero-order valence-corrected chi connectivity index (χ0v) is 24.3. The van der Waals surface area contributed by atoms with Crippen LogP contribution >= 0.6 is 0 Å². The van der Waals surface area contributed by atoms with Crippen LogP contribution in [0.4, 0.5) is 5.69 Å². The molecule has 0 aliphatic heterocycles. The van der Waals surface area contributed by atoms with Crippen molar-refractivity contribution in [3.05, 3.63) is 101 Å². The molecule has 0 fully saturated rings. The van der Waals surface area contributed by atoms with Gasteiger partial charge in [0.25, 0.3) is 0 Å². The van der Waals surface area contributed by atoms with Crippen LogP contribution in [0, 0.1) is 6.92 Å². The van der Waals surface area contributed by atoms with Crippen LogP contribution in [0.1, 0.15) is 75.1 Å². The van der Waals surface area contributed by atoms with E-state index in [0.717, 1.165) is 47.4 Å². The van der Waals surface area contributed by atoms with Crippen LogP contribution in [-0.4, -0.2) is 18.3 Å². The molecule has 3 heteroatoms. The molecule has 3 nitrogen and oxygen atoms in total. The van der Waals surface area contributed by atoms with E-state index in [9.17, 15) is 5.11 Å². The Morgan fingerprint density at radius 1 is 0.769 bits per heavy atom. The average molecular weight is 522 g/mol. The summed E-state index contributed by atoms with van der Waals surface area (Å²) in [6, 6.07) is 26.9. The summed E-state index contributed by atoms with van der Waals surface area (Å²) >= 11 is 0. The van der Waals surface area contributed by atoms with Crippen LogP contribution < -0.4 is 10.1 Å². The molecule has 0 amide bonds. The number of anilines is 1. The molecule has 0 heterocycles. The van der Waals surface area contributed by atoms with Crippen molar-refractivity contribution >= 4 is 5.69 Å². The van der Waals surface area contributed by atoms with Gasteiger partial charge in [-0.25, -0.2) is 0 Å². The van der Waals surface area contributed by atoms with Gasteiger partial charge in [0.1, 0.15) is 11.5 Å². The number of aromatic hydroxyl groups is 1. The third kappa shape index (κ3) is 6.65. The first-order valence-corrected chi connectivity index (χ1v) is 14.3. The molecule has 0 saturated heterocycles. The van der Waals surface area contributed by atoms with Crippen molar-refractivity contribution in [1.82, 2.24) is 0 Å². The van der Waals surface area contributed by atoms with Gasteiger partial charge < -0.3 is 15.2 Å². The van der Waals surface area contributed by atoms with Crippen molar-refractivity contribution in [2.24, 2.45) is 0 Å². The molecular weight excluding hydrogens is 478 g/mol. The fourth-order valence-corrected chi connectivity index (χ4v) is 5.17. The Bertz CT molecular complexity index is 1360. The smallest absolute Gasteiger partial charge is 0.131 e. The fraction of sp³-hybridized carbons (Fsp3) is 0.333. The van der Waals surface area contributed by atoms with Crippen LogP contribution in [0.5, 0.6) is 11.5 Å². The Morgan fingerprint density at radius 2 is 1.44 bits per heavy atom. The van der Waals surface area contributed by atoms with Crippen molar-refractivity contribution in [3.63, 3.8) is 0 Å². The molecule has 0 spiro atoms. The SMILES string of the molecule is CCc1ccc(OCCCNc2c(C(C)C)cc(C)cc2C(C)C)c(-c2cccc(-c3ccccc3)c2O)c1. The van der Waals surface area contributed by atoms with E-state index in [2.05, 4.69) is 71.1 Å². The van der Waals surface area contributed by atoms with Crippen molar-refractivity contribution in [2.75, 3.05) is 18.5 Å². The highest BCUT2D eigenvalue weighted by molar-refractivity contribution is 5.84. The largest absolute Gasteiger partial charge is 0.507 e. The second kappa shape index (κ2) is 12.9. The van der Waals surface area contributed by atoms with Gasteiger partial charge in [0.15, 0.2) is 0 Å². The van der Waals surface area contributed by atoms with E-state index in [1.54, 1.807) is 0 Å². The Morgan fingerprint density at radius 3 is 2.08 bits per heavy atom. The lowest BCUT2D eigenvalue weighted by Crippen LogP contribution is -2.12. The average Bonchev–Trinajstić information content (AvgIpc) is 2.93. The Balaban J connectivity index is 1.52. The minimum Gasteiger partial charge on any atom is -0.507 e. The van der Waals surface area contributed by atoms with Gasteiger partial charge in [-0.3, -0.25) is 0 Å². The first kappa shape index (κ1) is 28.3. The molecule has 0 aliphatic carbocycles. The van der Waals surface area contributed by atoms with E-state index in [1.165, 1.54) is 27.9 Å². The Labute approximate surface area is 234 Å². The van der Waals surface area contributed by atoms with Crippen LogP contribution in [-0.2, 0) is 6.42 Å². The van der Waals surface area contributed by atoms with Crippen molar-refractivity contribution in [3.8, 4) is 33.8 Å². The standard InChI is InChI=1S/C36H43NO2/c1-7-27-17-18-34(33(23-27)30-16-11-15-29(36(30)38)28-13-9-8-10-14-28)39-20-12-19-37-35-31(24(2)3)21-26(6)22-32(35)25(4)5/h8-11,13-18,21-25,37-38H,7,12,19-20H2,1-6H3.